The highest BCUT2D eigenvalue weighted by Crippen LogP contribution is 2.22. The summed E-state index contributed by atoms with van der Waals surface area (Å²) in [4.78, 5) is 1.62. The van der Waals surface area contributed by atoms with Crippen molar-refractivity contribution in [1.29, 1.82) is 0 Å². The summed E-state index contributed by atoms with van der Waals surface area (Å²) in [6.07, 6.45) is -4.95. The Hall–Kier alpha value is -1.71. The summed E-state index contributed by atoms with van der Waals surface area (Å²) in [7, 11) is 3.19. The molecule has 0 fully saturated rings. The van der Waals surface area contributed by atoms with E-state index >= 15 is 0 Å². The lowest BCUT2D eigenvalue weighted by molar-refractivity contribution is -0.137. The van der Waals surface area contributed by atoms with E-state index in [9.17, 15) is 13.2 Å². The zero-order chi connectivity index (χ0) is 15.9. The van der Waals surface area contributed by atoms with Gasteiger partial charge in [0.2, 0.25) is 0 Å². The van der Waals surface area contributed by atoms with Gasteiger partial charge in [-0.15, -0.1) is 0 Å². The van der Waals surface area contributed by atoms with Gasteiger partial charge in [-0.2, -0.15) is 13.2 Å². The van der Waals surface area contributed by atoms with E-state index in [4.69, 9.17) is 10.5 Å². The molecule has 0 aliphatic carbocycles. The largest absolute Gasteiger partial charge is 0.495 e. The van der Waals surface area contributed by atoms with Crippen LogP contribution in [0.2, 0.25) is 0 Å². The number of methoxy groups -OCH3 is 1. The van der Waals surface area contributed by atoms with E-state index in [1.165, 1.54) is 7.11 Å². The number of ether oxygens (including phenoxy) is 1. The molecule has 2 N–H and O–H groups in total. The Labute approximate surface area is 122 Å². The normalized spacial score (nSPS) is 11.2. The topological polar surface area (TPSA) is 38.5 Å². The summed E-state index contributed by atoms with van der Waals surface area (Å²) < 4.78 is 41.7. The van der Waals surface area contributed by atoms with Crippen molar-refractivity contribution < 1.29 is 17.9 Å². The van der Waals surface area contributed by atoms with Gasteiger partial charge in [-0.05, 0) is 24.7 Å². The molecule has 3 nitrogen and oxygen atoms in total. The van der Waals surface area contributed by atoms with Gasteiger partial charge in [-0.3, -0.25) is 0 Å². The van der Waals surface area contributed by atoms with Crippen LogP contribution in [0, 0.1) is 11.8 Å². The maximum atomic E-state index is 12.2. The molecule has 1 rings (SSSR count). The highest BCUT2D eigenvalue weighted by Gasteiger charge is 2.27. The van der Waals surface area contributed by atoms with Crippen LogP contribution in [0.1, 0.15) is 17.5 Å². The zero-order valence-electron chi connectivity index (χ0n) is 12.1. The second-order valence-electron chi connectivity index (χ2n) is 4.64. The van der Waals surface area contributed by atoms with Crippen molar-refractivity contribution in [3.05, 3.63) is 29.3 Å². The van der Waals surface area contributed by atoms with Gasteiger partial charge in [0, 0.05) is 13.1 Å². The van der Waals surface area contributed by atoms with Crippen LogP contribution < -0.4 is 10.5 Å². The van der Waals surface area contributed by atoms with Crippen LogP contribution in [-0.2, 0) is 6.54 Å². The van der Waals surface area contributed by atoms with Gasteiger partial charge in [-0.1, -0.05) is 17.9 Å². The number of benzene rings is 1. The van der Waals surface area contributed by atoms with Crippen LogP contribution in [-0.4, -0.2) is 38.3 Å². The summed E-state index contributed by atoms with van der Waals surface area (Å²) >= 11 is 0. The maximum absolute atomic E-state index is 12.2. The third kappa shape index (κ3) is 6.52. The minimum atomic E-state index is -4.13. The standard InChI is InChI=1S/C15H19F3N2O/c1-20(9-7-15(16,17)18)11-12-5-6-14(21-2)13(10-12)4-3-8-19/h5-6,10H,7-9,11,19H2,1-2H3. The van der Waals surface area contributed by atoms with E-state index in [0.717, 1.165) is 5.56 Å². The van der Waals surface area contributed by atoms with Crippen molar-refractivity contribution in [3.8, 4) is 17.6 Å². The lowest BCUT2D eigenvalue weighted by atomic mass is 10.1. The van der Waals surface area contributed by atoms with Crippen molar-refractivity contribution in [3.63, 3.8) is 0 Å². The number of hydrogen-bond donors (Lipinski definition) is 1. The smallest absolute Gasteiger partial charge is 0.390 e. The van der Waals surface area contributed by atoms with Crippen molar-refractivity contribution in [1.82, 2.24) is 4.90 Å². The molecule has 0 amide bonds. The first-order valence-corrected chi connectivity index (χ1v) is 6.47. The molecule has 0 atom stereocenters. The molecule has 0 aromatic heterocycles. The molecule has 1 aromatic carbocycles. The van der Waals surface area contributed by atoms with Crippen molar-refractivity contribution >= 4 is 0 Å². The molecule has 0 saturated carbocycles. The predicted molar refractivity (Wildman–Crippen MR) is 75.9 cm³/mol. The number of nitrogens with two attached hydrogens (primary N) is 1. The van der Waals surface area contributed by atoms with Gasteiger partial charge in [-0.25, -0.2) is 0 Å². The van der Waals surface area contributed by atoms with E-state index < -0.39 is 12.6 Å². The number of alkyl halides is 3. The summed E-state index contributed by atoms with van der Waals surface area (Å²) in [6, 6.07) is 5.38. The van der Waals surface area contributed by atoms with E-state index in [2.05, 4.69) is 11.8 Å². The van der Waals surface area contributed by atoms with Crippen LogP contribution in [0.4, 0.5) is 13.2 Å². The second kappa shape index (κ2) is 7.91. The minimum Gasteiger partial charge on any atom is -0.495 e. The van der Waals surface area contributed by atoms with Crippen LogP contribution in [0.15, 0.2) is 18.2 Å². The molecule has 0 aliphatic rings. The van der Waals surface area contributed by atoms with Crippen molar-refractivity contribution in [2.75, 3.05) is 27.2 Å². The Kier molecular flexibility index (Phi) is 6.53. The molecule has 0 bridgehead atoms. The molecule has 0 radical (unpaired) electrons. The van der Waals surface area contributed by atoms with Crippen molar-refractivity contribution in [2.24, 2.45) is 5.73 Å². The molecule has 21 heavy (non-hydrogen) atoms. The number of halogens is 3. The molecular formula is C15H19F3N2O. The SMILES string of the molecule is COc1ccc(CN(C)CCC(F)(F)F)cc1C#CCN. The lowest BCUT2D eigenvalue weighted by Gasteiger charge is -2.18. The van der Waals surface area contributed by atoms with Gasteiger partial charge in [0.25, 0.3) is 0 Å². The maximum Gasteiger partial charge on any atom is 0.390 e. The Bertz CT molecular complexity index is 518. The first kappa shape index (κ1) is 17.3. The second-order valence-corrected chi connectivity index (χ2v) is 4.64. The van der Waals surface area contributed by atoms with Gasteiger partial charge < -0.3 is 15.4 Å². The Morgan fingerprint density at radius 2 is 2.05 bits per heavy atom. The molecule has 6 heteroatoms. The molecule has 0 aliphatic heterocycles. The molecule has 0 unspecified atom stereocenters. The van der Waals surface area contributed by atoms with E-state index in [-0.39, 0.29) is 13.1 Å². The average molecular weight is 300 g/mol. The highest BCUT2D eigenvalue weighted by atomic mass is 19.4. The van der Waals surface area contributed by atoms with Gasteiger partial charge in [0.15, 0.2) is 0 Å². The number of nitrogens with zero attached hydrogens (tertiary/aromatic N) is 1. The van der Waals surface area contributed by atoms with Gasteiger partial charge in [0.1, 0.15) is 5.75 Å². The fourth-order valence-corrected chi connectivity index (χ4v) is 1.81. The summed E-state index contributed by atoms with van der Waals surface area (Å²) in [6.45, 7) is 0.607. The zero-order valence-corrected chi connectivity index (χ0v) is 12.1. The van der Waals surface area contributed by atoms with Crippen LogP contribution in [0.5, 0.6) is 5.75 Å². The summed E-state index contributed by atoms with van der Waals surface area (Å²) in [5.74, 6) is 6.26. The predicted octanol–water partition coefficient (Wildman–Crippen LogP) is 2.39. The number of hydrogen-bond acceptors (Lipinski definition) is 3. The third-order valence-electron chi connectivity index (χ3n) is 2.82. The van der Waals surface area contributed by atoms with E-state index in [0.29, 0.717) is 17.9 Å². The molecule has 1 aromatic rings. The quantitative estimate of drug-likeness (QED) is 0.849. The Balaban J connectivity index is 2.75. The molecule has 0 heterocycles. The third-order valence-corrected chi connectivity index (χ3v) is 2.82. The van der Waals surface area contributed by atoms with Crippen LogP contribution in [0.3, 0.4) is 0 Å². The molecule has 0 saturated heterocycles. The monoisotopic (exact) mass is 300 g/mol. The first-order chi connectivity index (χ1) is 9.85. The van der Waals surface area contributed by atoms with E-state index in [1.807, 2.05) is 12.1 Å². The fourth-order valence-electron chi connectivity index (χ4n) is 1.81. The molecular weight excluding hydrogens is 281 g/mol. The minimum absolute atomic E-state index is 0.0423. The first-order valence-electron chi connectivity index (χ1n) is 6.47. The van der Waals surface area contributed by atoms with Gasteiger partial charge in [0.05, 0.1) is 25.6 Å². The summed E-state index contributed by atoms with van der Waals surface area (Å²) in [5.41, 5.74) is 6.90. The highest BCUT2D eigenvalue weighted by molar-refractivity contribution is 5.48. The summed E-state index contributed by atoms with van der Waals surface area (Å²) in [5, 5.41) is 0. The molecule has 0 spiro atoms. The van der Waals surface area contributed by atoms with E-state index in [1.54, 1.807) is 18.0 Å². The Morgan fingerprint density at radius 3 is 2.62 bits per heavy atom. The number of rotatable bonds is 5. The van der Waals surface area contributed by atoms with Crippen molar-refractivity contribution in [2.45, 2.75) is 19.1 Å². The Morgan fingerprint density at radius 1 is 1.33 bits per heavy atom. The average Bonchev–Trinajstić information content (AvgIpc) is 2.42. The lowest BCUT2D eigenvalue weighted by Crippen LogP contribution is -2.24. The van der Waals surface area contributed by atoms with Crippen LogP contribution in [0.25, 0.3) is 0 Å². The molecule has 116 valence electrons. The van der Waals surface area contributed by atoms with Crippen LogP contribution >= 0.6 is 0 Å². The fraction of sp³-hybridized carbons (Fsp3) is 0.467. The van der Waals surface area contributed by atoms with Gasteiger partial charge >= 0.3 is 6.18 Å².